The summed E-state index contributed by atoms with van der Waals surface area (Å²) in [7, 11) is 1.51. The number of hydrogen-bond donors (Lipinski definition) is 1. The molecule has 0 saturated carbocycles. The zero-order valence-electron chi connectivity index (χ0n) is 17.7. The number of anilines is 1. The lowest BCUT2D eigenvalue weighted by Crippen LogP contribution is -2.37. The summed E-state index contributed by atoms with van der Waals surface area (Å²) in [5.41, 5.74) is 1.35. The number of hydrogen-bond acceptors (Lipinski definition) is 6. The van der Waals surface area contributed by atoms with E-state index in [0.29, 0.717) is 17.0 Å². The molecule has 1 heterocycles. The van der Waals surface area contributed by atoms with Crippen molar-refractivity contribution in [3.05, 3.63) is 95.6 Å². The molecule has 0 aliphatic carbocycles. The van der Waals surface area contributed by atoms with Crippen LogP contribution in [-0.2, 0) is 14.3 Å². The predicted molar refractivity (Wildman–Crippen MR) is 119 cm³/mol. The molecule has 3 aromatic carbocycles. The highest BCUT2D eigenvalue weighted by atomic mass is 16.5. The van der Waals surface area contributed by atoms with Gasteiger partial charge in [0.05, 0.1) is 18.2 Å². The minimum atomic E-state index is -1.29. The van der Waals surface area contributed by atoms with Gasteiger partial charge in [0.15, 0.2) is 0 Å². The topological polar surface area (TPSA) is 102 Å². The van der Waals surface area contributed by atoms with Crippen molar-refractivity contribution in [2.45, 2.75) is 6.10 Å². The summed E-state index contributed by atoms with van der Waals surface area (Å²) in [6.45, 7) is -0.609. The molecule has 0 fully saturated rings. The summed E-state index contributed by atoms with van der Waals surface area (Å²) < 4.78 is 10.6. The highest BCUT2D eigenvalue weighted by Crippen LogP contribution is 2.25. The number of fused-ring (bicyclic) bond motifs is 1. The van der Waals surface area contributed by atoms with Crippen LogP contribution in [0.15, 0.2) is 78.9 Å². The molecule has 8 nitrogen and oxygen atoms in total. The summed E-state index contributed by atoms with van der Waals surface area (Å²) in [4.78, 5) is 51.6. The standard InChI is InChI=1S/C25H20N2O6/c1-32-18-11-7-10-17(14-18)26-23(29)22(16-8-3-2-4-9-16)33-21(28)15-27-24(30)19-12-5-6-13-20(19)25(27)31/h2-14,22H,15H2,1H3,(H,26,29). The molecule has 0 bridgehead atoms. The molecule has 3 aromatic rings. The molecule has 0 radical (unpaired) electrons. The van der Waals surface area contributed by atoms with Gasteiger partial charge in [0.1, 0.15) is 12.3 Å². The number of benzene rings is 3. The first-order valence-electron chi connectivity index (χ1n) is 10.1. The number of rotatable bonds is 7. The highest BCUT2D eigenvalue weighted by Gasteiger charge is 2.37. The first kappa shape index (κ1) is 21.8. The minimum Gasteiger partial charge on any atom is -0.497 e. The second-order valence-electron chi connectivity index (χ2n) is 7.24. The van der Waals surface area contributed by atoms with Crippen LogP contribution < -0.4 is 10.1 Å². The van der Waals surface area contributed by atoms with Crippen molar-refractivity contribution in [2.75, 3.05) is 19.0 Å². The van der Waals surface area contributed by atoms with Crippen molar-refractivity contribution in [3.63, 3.8) is 0 Å². The van der Waals surface area contributed by atoms with Gasteiger partial charge in [0.25, 0.3) is 17.7 Å². The van der Waals surface area contributed by atoms with E-state index in [-0.39, 0.29) is 11.1 Å². The van der Waals surface area contributed by atoms with Gasteiger partial charge in [-0.15, -0.1) is 0 Å². The largest absolute Gasteiger partial charge is 0.497 e. The number of nitrogens with zero attached hydrogens (tertiary/aromatic N) is 1. The molecule has 0 aromatic heterocycles. The molecule has 166 valence electrons. The molecule has 1 atom stereocenters. The number of carbonyl (C=O) groups excluding carboxylic acids is 4. The molecular formula is C25H20N2O6. The monoisotopic (exact) mass is 444 g/mol. The zero-order chi connectivity index (χ0) is 23.4. The Morgan fingerprint density at radius 1 is 0.879 bits per heavy atom. The molecule has 33 heavy (non-hydrogen) atoms. The number of amides is 3. The second-order valence-corrected chi connectivity index (χ2v) is 7.24. The lowest BCUT2D eigenvalue weighted by molar-refractivity contribution is -0.154. The summed E-state index contributed by atoms with van der Waals surface area (Å²) in [6.07, 6.45) is -1.29. The van der Waals surface area contributed by atoms with Gasteiger partial charge in [-0.1, -0.05) is 48.5 Å². The van der Waals surface area contributed by atoms with Crippen LogP contribution in [0.1, 0.15) is 32.4 Å². The molecule has 0 spiro atoms. The molecule has 1 N–H and O–H groups in total. The third kappa shape index (κ3) is 4.59. The van der Waals surface area contributed by atoms with Gasteiger partial charge < -0.3 is 14.8 Å². The van der Waals surface area contributed by atoms with Crippen LogP contribution in [0, 0.1) is 0 Å². The minimum absolute atomic E-state index is 0.227. The van der Waals surface area contributed by atoms with E-state index in [9.17, 15) is 19.2 Å². The van der Waals surface area contributed by atoms with Gasteiger partial charge >= 0.3 is 5.97 Å². The Kier molecular flexibility index (Phi) is 6.17. The summed E-state index contributed by atoms with van der Waals surface area (Å²) in [5, 5.41) is 2.70. The number of methoxy groups -OCH3 is 1. The van der Waals surface area contributed by atoms with Crippen LogP contribution in [0.25, 0.3) is 0 Å². The molecule has 1 unspecified atom stereocenters. The van der Waals surface area contributed by atoms with Crippen molar-refractivity contribution < 1.29 is 28.7 Å². The van der Waals surface area contributed by atoms with Crippen LogP contribution in [0.2, 0.25) is 0 Å². The smallest absolute Gasteiger partial charge is 0.327 e. The molecule has 1 aliphatic rings. The maximum absolute atomic E-state index is 13.0. The van der Waals surface area contributed by atoms with Crippen LogP contribution in [-0.4, -0.2) is 42.2 Å². The maximum atomic E-state index is 13.0. The van der Waals surface area contributed by atoms with E-state index in [1.54, 1.807) is 66.7 Å². The second kappa shape index (κ2) is 9.35. The van der Waals surface area contributed by atoms with Crippen LogP contribution >= 0.6 is 0 Å². The maximum Gasteiger partial charge on any atom is 0.327 e. The number of nitrogens with one attached hydrogen (secondary N) is 1. The van der Waals surface area contributed by atoms with Gasteiger partial charge in [-0.3, -0.25) is 24.1 Å². The van der Waals surface area contributed by atoms with E-state index in [4.69, 9.17) is 9.47 Å². The third-order valence-corrected chi connectivity index (χ3v) is 5.09. The summed E-state index contributed by atoms with van der Waals surface area (Å²) >= 11 is 0. The molecule has 1 aliphatic heterocycles. The Hall–Kier alpha value is -4.46. The Balaban J connectivity index is 1.51. The Bertz CT molecular complexity index is 1190. The van der Waals surface area contributed by atoms with Gasteiger partial charge in [-0.2, -0.15) is 0 Å². The van der Waals surface area contributed by atoms with E-state index in [0.717, 1.165) is 4.90 Å². The SMILES string of the molecule is COc1cccc(NC(=O)C(OC(=O)CN2C(=O)c3ccccc3C2=O)c2ccccc2)c1. The predicted octanol–water partition coefficient (Wildman–Crippen LogP) is 3.21. The highest BCUT2D eigenvalue weighted by molar-refractivity contribution is 6.22. The molecule has 0 saturated heterocycles. The Labute approximate surface area is 189 Å². The van der Waals surface area contributed by atoms with Gasteiger partial charge in [-0.25, -0.2) is 0 Å². The number of imide groups is 1. The van der Waals surface area contributed by atoms with Crippen LogP contribution in [0.5, 0.6) is 5.75 Å². The van der Waals surface area contributed by atoms with Crippen molar-refractivity contribution in [1.82, 2.24) is 4.90 Å². The van der Waals surface area contributed by atoms with E-state index in [1.807, 2.05) is 0 Å². The first-order valence-corrected chi connectivity index (χ1v) is 10.1. The van der Waals surface area contributed by atoms with E-state index >= 15 is 0 Å². The van der Waals surface area contributed by atoms with Gasteiger partial charge in [0.2, 0.25) is 6.10 Å². The van der Waals surface area contributed by atoms with E-state index in [2.05, 4.69) is 5.32 Å². The lowest BCUT2D eigenvalue weighted by atomic mass is 10.1. The fraction of sp³-hybridized carbons (Fsp3) is 0.120. The van der Waals surface area contributed by atoms with Gasteiger partial charge in [0, 0.05) is 17.3 Å². The van der Waals surface area contributed by atoms with Crippen LogP contribution in [0.4, 0.5) is 5.69 Å². The Morgan fingerprint density at radius 2 is 1.52 bits per heavy atom. The van der Waals surface area contributed by atoms with Crippen molar-refractivity contribution in [2.24, 2.45) is 0 Å². The average molecular weight is 444 g/mol. The van der Waals surface area contributed by atoms with Crippen molar-refractivity contribution in [3.8, 4) is 5.75 Å². The van der Waals surface area contributed by atoms with E-state index < -0.39 is 36.3 Å². The van der Waals surface area contributed by atoms with Crippen LogP contribution in [0.3, 0.4) is 0 Å². The quantitative estimate of drug-likeness (QED) is 0.444. The third-order valence-electron chi connectivity index (χ3n) is 5.09. The molecule has 3 amide bonds. The summed E-state index contributed by atoms with van der Waals surface area (Å²) in [6, 6.07) is 21.5. The molecule has 8 heteroatoms. The number of carbonyl (C=O) groups is 4. The Morgan fingerprint density at radius 3 is 2.15 bits per heavy atom. The van der Waals surface area contributed by atoms with Crippen molar-refractivity contribution >= 4 is 29.4 Å². The van der Waals surface area contributed by atoms with Crippen molar-refractivity contribution in [1.29, 1.82) is 0 Å². The number of ether oxygens (including phenoxy) is 2. The lowest BCUT2D eigenvalue weighted by Gasteiger charge is -2.20. The molecular weight excluding hydrogens is 424 g/mol. The van der Waals surface area contributed by atoms with E-state index in [1.165, 1.54) is 19.2 Å². The first-order chi connectivity index (χ1) is 16.0. The number of esters is 1. The fourth-order valence-electron chi connectivity index (χ4n) is 3.49. The average Bonchev–Trinajstić information content (AvgIpc) is 3.08. The van der Waals surface area contributed by atoms with Gasteiger partial charge in [-0.05, 0) is 24.3 Å². The zero-order valence-corrected chi connectivity index (χ0v) is 17.7. The summed E-state index contributed by atoms with van der Waals surface area (Å²) in [5.74, 6) is -2.09. The molecule has 4 rings (SSSR count). The normalized spacial score (nSPS) is 13.3. The fourth-order valence-corrected chi connectivity index (χ4v) is 3.49.